The van der Waals surface area contributed by atoms with Gasteiger partial charge in [-0.05, 0) is 27.7 Å². The summed E-state index contributed by atoms with van der Waals surface area (Å²) in [7, 11) is 0. The molecule has 14 heteroatoms. The number of carbonyl (C=O) groups is 5. The first kappa shape index (κ1) is 35.2. The molecule has 0 atom stereocenters. The quantitative estimate of drug-likeness (QED) is 0.146. The van der Waals surface area contributed by atoms with E-state index in [1.54, 1.807) is 0 Å². The van der Waals surface area contributed by atoms with Crippen molar-refractivity contribution < 1.29 is 24.0 Å². The summed E-state index contributed by atoms with van der Waals surface area (Å²) in [5.74, 6) is -0.738. The van der Waals surface area contributed by atoms with Gasteiger partial charge in [-0.1, -0.05) is 0 Å². The fraction of sp³-hybridized carbons (Fsp3) is 0.808. The maximum absolute atomic E-state index is 12.7. The molecule has 1 saturated heterocycles. The first-order valence-electron chi connectivity index (χ1n) is 14.4. The van der Waals surface area contributed by atoms with Crippen LogP contribution in [0.2, 0.25) is 0 Å². The van der Waals surface area contributed by atoms with Gasteiger partial charge in [-0.3, -0.25) is 43.6 Å². The highest BCUT2D eigenvalue weighted by Gasteiger charge is 2.21. The Hall–Kier alpha value is -2.81. The minimum absolute atomic E-state index is 0.0649. The Labute approximate surface area is 238 Å². The highest BCUT2D eigenvalue weighted by molar-refractivity contribution is 5.85. The van der Waals surface area contributed by atoms with E-state index in [2.05, 4.69) is 31.5 Å². The van der Waals surface area contributed by atoms with Gasteiger partial charge in [0.1, 0.15) is 0 Å². The van der Waals surface area contributed by atoms with Crippen LogP contribution in [0.1, 0.15) is 27.7 Å². The maximum Gasteiger partial charge on any atom is 0.239 e. The first-order chi connectivity index (χ1) is 19.2. The molecule has 5 amide bonds. The Bertz CT molecular complexity index is 763. The van der Waals surface area contributed by atoms with Crippen molar-refractivity contribution >= 4 is 29.5 Å². The molecule has 1 rings (SSSR count). The van der Waals surface area contributed by atoms with E-state index in [4.69, 9.17) is 0 Å². The van der Waals surface area contributed by atoms with E-state index in [1.165, 1.54) is 0 Å². The summed E-state index contributed by atoms with van der Waals surface area (Å²) < 4.78 is 0. The Morgan fingerprint density at radius 3 is 0.875 bits per heavy atom. The molecule has 0 bridgehead atoms. The molecule has 1 aliphatic heterocycles. The van der Waals surface area contributed by atoms with Gasteiger partial charge in [0.15, 0.2) is 0 Å². The largest absolute Gasteiger partial charge is 0.355 e. The number of likely N-dealkylation sites (N-methyl/N-ethyl adjacent to an activating group) is 4. The van der Waals surface area contributed by atoms with Crippen molar-refractivity contribution in [2.75, 3.05) is 111 Å². The van der Waals surface area contributed by atoms with Gasteiger partial charge in [0, 0.05) is 78.5 Å². The lowest BCUT2D eigenvalue weighted by atomic mass is 10.3. The van der Waals surface area contributed by atoms with Crippen molar-refractivity contribution in [3.05, 3.63) is 0 Å². The SMILES string of the molecule is CCNC(=O)CNC(=O)CN1CCN(CC(=O)NCC)CCN(CC(=O)NCC)CCN(CC(=O)NCC)CC1. The molecule has 0 aromatic carbocycles. The molecule has 1 aliphatic rings. The molecule has 14 nitrogen and oxygen atoms in total. The minimum Gasteiger partial charge on any atom is -0.355 e. The number of amides is 5. The molecule has 0 saturated carbocycles. The third kappa shape index (κ3) is 16.3. The Balaban J connectivity index is 3.04. The standard InChI is InChI=1S/C26H51N9O5/c1-5-27-22(36)17-31-26(40)21-35-15-13-33(19-24(38)29-7-3)11-9-32(18-23(37)28-6-2)10-12-34(14-16-35)20-25(39)30-8-4/h5-21H2,1-4H3,(H,27,36)(H,28,37)(H,29,38)(H,30,39)(H,31,40). The van der Waals surface area contributed by atoms with Crippen LogP contribution in [-0.2, 0) is 24.0 Å². The van der Waals surface area contributed by atoms with Gasteiger partial charge in [0.2, 0.25) is 29.5 Å². The van der Waals surface area contributed by atoms with Gasteiger partial charge in [-0.25, -0.2) is 0 Å². The second kappa shape index (κ2) is 21.0. The van der Waals surface area contributed by atoms with E-state index in [0.717, 1.165) is 0 Å². The zero-order valence-electron chi connectivity index (χ0n) is 24.9. The monoisotopic (exact) mass is 569 g/mol. The molecule has 0 spiro atoms. The summed E-state index contributed by atoms with van der Waals surface area (Å²) >= 11 is 0. The third-order valence-corrected chi connectivity index (χ3v) is 6.34. The number of hydrogen-bond donors (Lipinski definition) is 5. The van der Waals surface area contributed by atoms with E-state index in [1.807, 2.05) is 42.4 Å². The number of rotatable bonds is 14. The van der Waals surface area contributed by atoms with Crippen molar-refractivity contribution in [3.63, 3.8) is 0 Å². The van der Waals surface area contributed by atoms with Gasteiger partial charge in [0.25, 0.3) is 0 Å². The number of nitrogens with one attached hydrogen (secondary N) is 5. The van der Waals surface area contributed by atoms with E-state index in [0.29, 0.717) is 78.5 Å². The predicted molar refractivity (Wildman–Crippen MR) is 154 cm³/mol. The van der Waals surface area contributed by atoms with Gasteiger partial charge >= 0.3 is 0 Å². The van der Waals surface area contributed by atoms with Crippen LogP contribution < -0.4 is 26.6 Å². The minimum atomic E-state index is -0.267. The average Bonchev–Trinajstić information content (AvgIpc) is 2.89. The lowest BCUT2D eigenvalue weighted by Crippen LogP contribution is -2.51. The smallest absolute Gasteiger partial charge is 0.239 e. The van der Waals surface area contributed by atoms with Crippen LogP contribution in [0, 0.1) is 0 Å². The molecule has 0 radical (unpaired) electrons. The Morgan fingerprint density at radius 1 is 0.400 bits per heavy atom. The van der Waals surface area contributed by atoms with Crippen LogP contribution in [0.4, 0.5) is 0 Å². The van der Waals surface area contributed by atoms with Crippen LogP contribution in [0.3, 0.4) is 0 Å². The van der Waals surface area contributed by atoms with Gasteiger partial charge in [0.05, 0.1) is 32.7 Å². The summed E-state index contributed by atoms with van der Waals surface area (Å²) in [5.41, 5.74) is 0. The lowest BCUT2D eigenvalue weighted by Gasteiger charge is -2.33. The first-order valence-corrected chi connectivity index (χ1v) is 14.4. The number of nitrogens with zero attached hydrogens (tertiary/aromatic N) is 4. The maximum atomic E-state index is 12.7. The van der Waals surface area contributed by atoms with Gasteiger partial charge in [-0.2, -0.15) is 0 Å². The molecule has 1 heterocycles. The highest BCUT2D eigenvalue weighted by Crippen LogP contribution is 2.02. The molecule has 5 N–H and O–H groups in total. The Morgan fingerprint density at radius 2 is 0.625 bits per heavy atom. The lowest BCUT2D eigenvalue weighted by molar-refractivity contribution is -0.127. The molecule has 0 aromatic heterocycles. The second-order valence-corrected chi connectivity index (χ2v) is 9.70. The zero-order chi connectivity index (χ0) is 29.8. The summed E-state index contributed by atoms with van der Waals surface area (Å²) in [6.45, 7) is 14.6. The van der Waals surface area contributed by atoms with E-state index >= 15 is 0 Å². The second-order valence-electron chi connectivity index (χ2n) is 9.70. The molecule has 0 unspecified atom stereocenters. The van der Waals surface area contributed by atoms with Gasteiger partial charge in [-0.15, -0.1) is 0 Å². The summed E-state index contributed by atoms with van der Waals surface area (Å²) in [5, 5.41) is 13.8. The Kier molecular flexibility index (Phi) is 18.5. The highest BCUT2D eigenvalue weighted by atomic mass is 16.2. The number of hydrogen-bond acceptors (Lipinski definition) is 9. The summed E-state index contributed by atoms with van der Waals surface area (Å²) in [6.07, 6.45) is 0. The van der Waals surface area contributed by atoms with Crippen molar-refractivity contribution in [3.8, 4) is 0 Å². The fourth-order valence-corrected chi connectivity index (χ4v) is 4.28. The van der Waals surface area contributed by atoms with Crippen LogP contribution >= 0.6 is 0 Å². The van der Waals surface area contributed by atoms with Crippen molar-refractivity contribution in [2.24, 2.45) is 0 Å². The molecule has 1 fully saturated rings. The topological polar surface area (TPSA) is 158 Å². The van der Waals surface area contributed by atoms with Crippen molar-refractivity contribution in [1.29, 1.82) is 0 Å². The summed E-state index contributed by atoms with van der Waals surface area (Å²) in [4.78, 5) is 69.7. The van der Waals surface area contributed by atoms with Crippen LogP contribution in [-0.4, -0.2) is 160 Å². The van der Waals surface area contributed by atoms with Crippen LogP contribution in [0.15, 0.2) is 0 Å². The normalized spacial score (nSPS) is 16.7. The van der Waals surface area contributed by atoms with Crippen LogP contribution in [0.5, 0.6) is 0 Å². The van der Waals surface area contributed by atoms with Crippen molar-refractivity contribution in [2.45, 2.75) is 27.7 Å². The van der Waals surface area contributed by atoms with E-state index < -0.39 is 0 Å². The third-order valence-electron chi connectivity index (χ3n) is 6.34. The zero-order valence-corrected chi connectivity index (χ0v) is 24.9. The predicted octanol–water partition coefficient (Wildman–Crippen LogP) is -3.13. The summed E-state index contributed by atoms with van der Waals surface area (Å²) in [6, 6.07) is 0. The van der Waals surface area contributed by atoms with E-state index in [9.17, 15) is 24.0 Å². The van der Waals surface area contributed by atoms with Crippen molar-refractivity contribution in [1.82, 2.24) is 46.2 Å². The molecule has 40 heavy (non-hydrogen) atoms. The average molecular weight is 570 g/mol. The molecule has 0 aromatic rings. The van der Waals surface area contributed by atoms with Crippen LogP contribution in [0.25, 0.3) is 0 Å². The number of carbonyl (C=O) groups excluding carboxylic acids is 5. The van der Waals surface area contributed by atoms with Gasteiger partial charge < -0.3 is 26.6 Å². The molecular weight excluding hydrogens is 518 g/mol. The molecular formula is C26H51N9O5. The van der Waals surface area contributed by atoms with E-state index in [-0.39, 0.29) is 62.3 Å². The fourth-order valence-electron chi connectivity index (χ4n) is 4.28. The molecule has 230 valence electrons. The molecule has 0 aliphatic carbocycles.